The molecule has 0 aromatic heterocycles. The topological polar surface area (TPSA) is 47.3 Å². The second-order valence-corrected chi connectivity index (χ2v) is 6.10. The summed E-state index contributed by atoms with van der Waals surface area (Å²) >= 11 is 0. The molecule has 1 atom stereocenters. The summed E-state index contributed by atoms with van der Waals surface area (Å²) < 4.78 is 5.47. The van der Waals surface area contributed by atoms with Crippen molar-refractivity contribution in [2.24, 2.45) is 11.3 Å². The van der Waals surface area contributed by atoms with Crippen LogP contribution in [0.4, 0.5) is 0 Å². The van der Waals surface area contributed by atoms with Gasteiger partial charge < -0.3 is 4.74 Å². The van der Waals surface area contributed by atoms with Crippen LogP contribution in [0, 0.1) is 12.3 Å². The molecule has 0 saturated heterocycles. The summed E-state index contributed by atoms with van der Waals surface area (Å²) in [5.41, 5.74) is 5.87. The number of methoxy groups -OCH3 is 1. The van der Waals surface area contributed by atoms with Crippen LogP contribution < -0.4 is 16.0 Å². The van der Waals surface area contributed by atoms with E-state index in [4.69, 9.17) is 10.6 Å². The van der Waals surface area contributed by atoms with Gasteiger partial charge >= 0.3 is 0 Å². The molecular formula is C16H26N2O. The van der Waals surface area contributed by atoms with Crippen LogP contribution in [0.5, 0.6) is 5.75 Å². The molecule has 0 amide bonds. The van der Waals surface area contributed by atoms with Gasteiger partial charge in [0.2, 0.25) is 0 Å². The summed E-state index contributed by atoms with van der Waals surface area (Å²) in [4.78, 5) is 0. The minimum Gasteiger partial charge on any atom is -0.496 e. The molecule has 3 N–H and O–H groups in total. The molecule has 0 radical (unpaired) electrons. The summed E-state index contributed by atoms with van der Waals surface area (Å²) in [6.07, 6.45) is 6.09. The van der Waals surface area contributed by atoms with Crippen molar-refractivity contribution in [1.82, 2.24) is 5.43 Å². The summed E-state index contributed by atoms with van der Waals surface area (Å²) in [6.45, 7) is 4.47. The molecule has 0 bridgehead atoms. The zero-order chi connectivity index (χ0) is 13.9. The normalized spacial score (nSPS) is 19.4. The second-order valence-electron chi connectivity index (χ2n) is 6.10. The average molecular weight is 262 g/mol. The van der Waals surface area contributed by atoms with Gasteiger partial charge in [0.15, 0.2) is 0 Å². The van der Waals surface area contributed by atoms with Crippen molar-refractivity contribution in [3.05, 3.63) is 29.3 Å². The molecule has 1 fully saturated rings. The molecule has 3 nitrogen and oxygen atoms in total. The largest absolute Gasteiger partial charge is 0.496 e. The molecule has 2 rings (SSSR count). The Labute approximate surface area is 116 Å². The van der Waals surface area contributed by atoms with E-state index < -0.39 is 0 Å². The predicted octanol–water partition coefficient (Wildman–Crippen LogP) is 2.96. The number of nitrogens with one attached hydrogen (secondary N) is 1. The number of hydrazine groups is 1. The molecule has 0 heterocycles. The van der Waals surface area contributed by atoms with Crippen LogP contribution in [0.25, 0.3) is 0 Å². The van der Waals surface area contributed by atoms with E-state index in [1.165, 1.54) is 36.8 Å². The first-order chi connectivity index (χ1) is 9.09. The lowest BCUT2D eigenvalue weighted by molar-refractivity contribution is 0.219. The van der Waals surface area contributed by atoms with Crippen LogP contribution in [0.15, 0.2) is 18.2 Å². The molecule has 1 aliphatic rings. The maximum Gasteiger partial charge on any atom is 0.122 e. The fourth-order valence-electron chi connectivity index (χ4n) is 3.32. The van der Waals surface area contributed by atoms with Gasteiger partial charge in [0.1, 0.15) is 5.75 Å². The van der Waals surface area contributed by atoms with E-state index in [0.29, 0.717) is 11.5 Å². The Bertz CT molecular complexity index is 425. The van der Waals surface area contributed by atoms with Gasteiger partial charge in [0, 0.05) is 6.04 Å². The van der Waals surface area contributed by atoms with Crippen molar-refractivity contribution in [3.63, 3.8) is 0 Å². The number of nitrogens with two attached hydrogens (primary N) is 1. The molecule has 19 heavy (non-hydrogen) atoms. The van der Waals surface area contributed by atoms with Gasteiger partial charge in [-0.15, -0.1) is 0 Å². The van der Waals surface area contributed by atoms with Crippen LogP contribution in [0.3, 0.4) is 0 Å². The third kappa shape index (κ3) is 3.10. The summed E-state index contributed by atoms with van der Waals surface area (Å²) in [7, 11) is 1.73. The molecular weight excluding hydrogens is 236 g/mol. The molecule has 1 aromatic rings. The van der Waals surface area contributed by atoms with Crippen molar-refractivity contribution >= 4 is 0 Å². The van der Waals surface area contributed by atoms with E-state index in [9.17, 15) is 0 Å². The zero-order valence-electron chi connectivity index (χ0n) is 12.3. The second kappa shape index (κ2) is 5.93. The van der Waals surface area contributed by atoms with Crippen LogP contribution in [0.2, 0.25) is 0 Å². The Balaban J connectivity index is 2.20. The van der Waals surface area contributed by atoms with Crippen molar-refractivity contribution < 1.29 is 4.74 Å². The molecule has 1 unspecified atom stereocenters. The molecule has 1 aliphatic carbocycles. The number of benzene rings is 1. The molecule has 1 saturated carbocycles. The van der Waals surface area contributed by atoms with E-state index >= 15 is 0 Å². The number of rotatable bonds is 5. The number of hydrogen-bond donors (Lipinski definition) is 2. The highest BCUT2D eigenvalue weighted by Crippen LogP contribution is 2.41. The number of aryl methyl sites for hydroxylation is 1. The van der Waals surface area contributed by atoms with Crippen LogP contribution >= 0.6 is 0 Å². The lowest BCUT2D eigenvalue weighted by Gasteiger charge is -2.34. The Kier molecular flexibility index (Phi) is 4.48. The van der Waals surface area contributed by atoms with Crippen molar-refractivity contribution in [3.8, 4) is 5.75 Å². The van der Waals surface area contributed by atoms with Gasteiger partial charge in [-0.2, -0.15) is 0 Å². The Morgan fingerprint density at radius 2 is 2.05 bits per heavy atom. The van der Waals surface area contributed by atoms with E-state index in [-0.39, 0.29) is 0 Å². The van der Waals surface area contributed by atoms with Crippen LogP contribution in [0.1, 0.15) is 43.7 Å². The summed E-state index contributed by atoms with van der Waals surface area (Å²) in [5, 5.41) is 0. The predicted molar refractivity (Wildman–Crippen MR) is 79.1 cm³/mol. The quantitative estimate of drug-likeness (QED) is 0.633. The first-order valence-electron chi connectivity index (χ1n) is 7.19. The van der Waals surface area contributed by atoms with E-state index in [0.717, 1.165) is 12.2 Å². The monoisotopic (exact) mass is 262 g/mol. The highest BCUT2D eigenvalue weighted by Gasteiger charge is 2.36. The van der Waals surface area contributed by atoms with Crippen LogP contribution in [-0.4, -0.2) is 13.2 Å². The van der Waals surface area contributed by atoms with Crippen LogP contribution in [-0.2, 0) is 6.42 Å². The fraction of sp³-hybridized carbons (Fsp3) is 0.625. The summed E-state index contributed by atoms with van der Waals surface area (Å²) in [5.74, 6) is 6.79. The minimum absolute atomic E-state index is 0.309. The van der Waals surface area contributed by atoms with Gasteiger partial charge in [-0.25, -0.2) is 0 Å². The van der Waals surface area contributed by atoms with Gasteiger partial charge in [0.05, 0.1) is 7.11 Å². The van der Waals surface area contributed by atoms with Gasteiger partial charge in [-0.1, -0.05) is 37.5 Å². The number of ether oxygens (including phenoxy) is 1. The smallest absolute Gasteiger partial charge is 0.122 e. The Morgan fingerprint density at radius 3 is 2.63 bits per heavy atom. The number of hydrogen-bond acceptors (Lipinski definition) is 3. The van der Waals surface area contributed by atoms with Gasteiger partial charge in [-0.05, 0) is 43.2 Å². The molecule has 1 aromatic carbocycles. The summed E-state index contributed by atoms with van der Waals surface area (Å²) in [6, 6.07) is 6.66. The minimum atomic E-state index is 0.309. The van der Waals surface area contributed by atoms with Crippen molar-refractivity contribution in [2.45, 2.75) is 52.0 Å². The first kappa shape index (κ1) is 14.4. The third-order valence-corrected chi connectivity index (χ3v) is 4.65. The maximum absolute atomic E-state index is 5.82. The Hall–Kier alpha value is -1.06. The molecule has 3 heteroatoms. The SMILES string of the molecule is COc1ccc(C)cc1CC(NN)C1(C)CCCC1. The van der Waals surface area contributed by atoms with Gasteiger partial charge in [-0.3, -0.25) is 11.3 Å². The Morgan fingerprint density at radius 1 is 1.37 bits per heavy atom. The van der Waals surface area contributed by atoms with E-state index in [1.807, 2.05) is 0 Å². The fourth-order valence-corrected chi connectivity index (χ4v) is 3.32. The first-order valence-corrected chi connectivity index (χ1v) is 7.19. The lowest BCUT2D eigenvalue weighted by atomic mass is 9.78. The highest BCUT2D eigenvalue weighted by atomic mass is 16.5. The van der Waals surface area contributed by atoms with Gasteiger partial charge in [0.25, 0.3) is 0 Å². The van der Waals surface area contributed by atoms with Crippen molar-refractivity contribution in [2.75, 3.05) is 7.11 Å². The van der Waals surface area contributed by atoms with Crippen molar-refractivity contribution in [1.29, 1.82) is 0 Å². The standard InChI is InChI=1S/C16H26N2O/c1-12-6-7-14(19-3)13(10-12)11-15(18-17)16(2)8-4-5-9-16/h6-7,10,15,18H,4-5,8-9,11,17H2,1-3H3. The highest BCUT2D eigenvalue weighted by molar-refractivity contribution is 5.37. The molecule has 0 aliphatic heterocycles. The molecule has 106 valence electrons. The maximum atomic E-state index is 5.82. The lowest BCUT2D eigenvalue weighted by Crippen LogP contribution is -2.47. The molecule has 0 spiro atoms. The van der Waals surface area contributed by atoms with E-state index in [1.54, 1.807) is 7.11 Å². The third-order valence-electron chi connectivity index (χ3n) is 4.65. The van der Waals surface area contributed by atoms with E-state index in [2.05, 4.69) is 37.5 Å². The zero-order valence-corrected chi connectivity index (χ0v) is 12.3. The average Bonchev–Trinajstić information content (AvgIpc) is 2.84.